The van der Waals surface area contributed by atoms with Crippen molar-refractivity contribution >= 4 is 11.9 Å². The number of imide groups is 1. The Labute approximate surface area is 159 Å². The standard InChI is InChI=1S/C19H16N6O3/c26-17-19(10-11-28-15-9-5-4-8-14(15)19)20-18(27)24(17)12-16-21-22-23-25(16)13-6-2-1-3-7-13/h1-9H,10-12H2,(H,20,27)/t19-/m0/s1. The number of para-hydroxylation sites is 2. The van der Waals surface area contributed by atoms with Crippen LogP contribution in [0.1, 0.15) is 17.8 Å². The van der Waals surface area contributed by atoms with Gasteiger partial charge in [0.25, 0.3) is 5.91 Å². The highest BCUT2D eigenvalue weighted by Gasteiger charge is 2.55. The maximum Gasteiger partial charge on any atom is 0.325 e. The van der Waals surface area contributed by atoms with Gasteiger partial charge in [0.15, 0.2) is 11.4 Å². The van der Waals surface area contributed by atoms with Gasteiger partial charge in [0, 0.05) is 12.0 Å². The molecule has 140 valence electrons. The van der Waals surface area contributed by atoms with Crippen molar-refractivity contribution < 1.29 is 14.3 Å². The van der Waals surface area contributed by atoms with E-state index in [1.165, 1.54) is 4.68 Å². The molecule has 1 N–H and O–H groups in total. The Morgan fingerprint density at radius 1 is 1.07 bits per heavy atom. The highest BCUT2D eigenvalue weighted by atomic mass is 16.5. The molecule has 0 aliphatic carbocycles. The Balaban J connectivity index is 1.49. The first-order chi connectivity index (χ1) is 13.7. The van der Waals surface area contributed by atoms with Crippen LogP contribution in [0, 0.1) is 0 Å². The zero-order chi connectivity index (χ0) is 19.1. The molecule has 1 saturated heterocycles. The van der Waals surface area contributed by atoms with E-state index in [9.17, 15) is 9.59 Å². The highest BCUT2D eigenvalue weighted by molar-refractivity contribution is 6.07. The summed E-state index contributed by atoms with van der Waals surface area (Å²) in [5.41, 5.74) is 0.308. The van der Waals surface area contributed by atoms with Crippen molar-refractivity contribution in [2.24, 2.45) is 0 Å². The first kappa shape index (κ1) is 16.4. The lowest BCUT2D eigenvalue weighted by atomic mass is 9.84. The van der Waals surface area contributed by atoms with E-state index in [1.54, 1.807) is 6.07 Å². The van der Waals surface area contributed by atoms with E-state index in [4.69, 9.17) is 4.74 Å². The smallest absolute Gasteiger partial charge is 0.325 e. The molecule has 1 spiro atoms. The maximum absolute atomic E-state index is 13.3. The lowest BCUT2D eigenvalue weighted by Gasteiger charge is -2.33. The van der Waals surface area contributed by atoms with E-state index in [1.807, 2.05) is 48.5 Å². The van der Waals surface area contributed by atoms with Crippen LogP contribution in [0.15, 0.2) is 54.6 Å². The third kappa shape index (κ3) is 2.36. The van der Waals surface area contributed by atoms with Gasteiger partial charge in [-0.15, -0.1) is 5.10 Å². The molecule has 28 heavy (non-hydrogen) atoms. The van der Waals surface area contributed by atoms with Gasteiger partial charge in [-0.1, -0.05) is 36.4 Å². The van der Waals surface area contributed by atoms with E-state index >= 15 is 0 Å². The van der Waals surface area contributed by atoms with E-state index < -0.39 is 11.6 Å². The Hall–Kier alpha value is -3.75. The first-order valence-electron chi connectivity index (χ1n) is 8.88. The number of nitrogens with one attached hydrogen (secondary N) is 1. The van der Waals surface area contributed by atoms with E-state index in [2.05, 4.69) is 20.8 Å². The normalized spacial score (nSPS) is 20.8. The summed E-state index contributed by atoms with van der Waals surface area (Å²) in [6.45, 7) is 0.315. The predicted molar refractivity (Wildman–Crippen MR) is 96.5 cm³/mol. The molecule has 3 heterocycles. The third-order valence-corrected chi connectivity index (χ3v) is 5.09. The lowest BCUT2D eigenvalue weighted by Crippen LogP contribution is -2.47. The fourth-order valence-electron chi connectivity index (χ4n) is 3.73. The van der Waals surface area contributed by atoms with Crippen LogP contribution < -0.4 is 10.1 Å². The number of amides is 3. The molecule has 0 saturated carbocycles. The summed E-state index contributed by atoms with van der Waals surface area (Å²) in [6, 6.07) is 16.1. The fourth-order valence-corrected chi connectivity index (χ4v) is 3.73. The molecule has 1 aromatic heterocycles. The minimum absolute atomic E-state index is 0.0304. The van der Waals surface area contributed by atoms with Crippen molar-refractivity contribution in [1.29, 1.82) is 0 Å². The molecule has 1 fully saturated rings. The summed E-state index contributed by atoms with van der Waals surface area (Å²) >= 11 is 0. The van der Waals surface area contributed by atoms with Crippen LogP contribution in [0.5, 0.6) is 5.75 Å². The molecule has 3 aromatic rings. The topological polar surface area (TPSA) is 102 Å². The van der Waals surface area contributed by atoms with Crippen molar-refractivity contribution in [3.63, 3.8) is 0 Å². The summed E-state index contributed by atoms with van der Waals surface area (Å²) in [5.74, 6) is 0.682. The summed E-state index contributed by atoms with van der Waals surface area (Å²) < 4.78 is 7.17. The molecular weight excluding hydrogens is 360 g/mol. The number of hydrogen-bond acceptors (Lipinski definition) is 6. The van der Waals surface area contributed by atoms with Crippen molar-refractivity contribution in [3.8, 4) is 11.4 Å². The van der Waals surface area contributed by atoms with Crippen LogP contribution in [0.3, 0.4) is 0 Å². The fraction of sp³-hybridized carbons (Fsp3) is 0.211. The van der Waals surface area contributed by atoms with Crippen LogP contribution in [0.4, 0.5) is 4.79 Å². The summed E-state index contributed by atoms with van der Waals surface area (Å²) in [7, 11) is 0. The Morgan fingerprint density at radius 2 is 1.86 bits per heavy atom. The first-order valence-corrected chi connectivity index (χ1v) is 8.88. The summed E-state index contributed by atoms with van der Waals surface area (Å²) in [5, 5.41) is 14.6. The largest absolute Gasteiger partial charge is 0.493 e. The van der Waals surface area contributed by atoms with Gasteiger partial charge in [-0.2, -0.15) is 4.68 Å². The zero-order valence-electron chi connectivity index (χ0n) is 14.8. The van der Waals surface area contributed by atoms with Gasteiger partial charge >= 0.3 is 6.03 Å². The average Bonchev–Trinajstić information content (AvgIpc) is 3.28. The Bertz CT molecular complexity index is 1070. The summed E-state index contributed by atoms with van der Waals surface area (Å²) in [4.78, 5) is 27.2. The minimum atomic E-state index is -1.11. The zero-order valence-corrected chi connectivity index (χ0v) is 14.8. The van der Waals surface area contributed by atoms with E-state index in [-0.39, 0.29) is 12.5 Å². The second-order valence-electron chi connectivity index (χ2n) is 6.66. The van der Waals surface area contributed by atoms with Gasteiger partial charge in [-0.3, -0.25) is 9.69 Å². The monoisotopic (exact) mass is 376 g/mol. The number of tetrazole rings is 1. The van der Waals surface area contributed by atoms with Crippen LogP contribution in [0.25, 0.3) is 5.69 Å². The molecule has 2 aliphatic rings. The molecule has 0 radical (unpaired) electrons. The molecule has 9 heteroatoms. The number of carbonyl (C=O) groups excluding carboxylic acids is 2. The van der Waals surface area contributed by atoms with Crippen LogP contribution in [-0.4, -0.2) is 43.7 Å². The van der Waals surface area contributed by atoms with Gasteiger partial charge < -0.3 is 10.1 Å². The predicted octanol–water partition coefficient (Wildman–Crippen LogP) is 1.39. The summed E-state index contributed by atoms with van der Waals surface area (Å²) in [6.07, 6.45) is 0.370. The maximum atomic E-state index is 13.3. The second kappa shape index (κ2) is 6.15. The van der Waals surface area contributed by atoms with Gasteiger partial charge in [0.2, 0.25) is 0 Å². The number of carbonyl (C=O) groups is 2. The molecule has 0 unspecified atom stereocenters. The van der Waals surface area contributed by atoms with E-state index in [0.717, 1.165) is 10.6 Å². The molecule has 2 aliphatic heterocycles. The molecule has 5 rings (SSSR count). The van der Waals surface area contributed by atoms with Crippen LogP contribution in [0.2, 0.25) is 0 Å². The Morgan fingerprint density at radius 3 is 2.71 bits per heavy atom. The number of aromatic nitrogens is 4. The van der Waals surface area contributed by atoms with Crippen molar-refractivity contribution in [2.45, 2.75) is 18.5 Å². The molecule has 3 amide bonds. The number of rotatable bonds is 3. The minimum Gasteiger partial charge on any atom is -0.493 e. The second-order valence-corrected chi connectivity index (χ2v) is 6.66. The average molecular weight is 376 g/mol. The van der Waals surface area contributed by atoms with Crippen LogP contribution >= 0.6 is 0 Å². The van der Waals surface area contributed by atoms with Crippen molar-refractivity contribution in [2.75, 3.05) is 6.61 Å². The quantitative estimate of drug-likeness (QED) is 0.693. The van der Waals surface area contributed by atoms with Crippen molar-refractivity contribution in [3.05, 3.63) is 66.0 Å². The molecule has 0 bridgehead atoms. The van der Waals surface area contributed by atoms with Crippen LogP contribution in [-0.2, 0) is 16.9 Å². The van der Waals surface area contributed by atoms with Gasteiger partial charge in [-0.25, -0.2) is 4.79 Å². The lowest BCUT2D eigenvalue weighted by molar-refractivity contribution is -0.133. The Kier molecular flexibility index (Phi) is 3.61. The third-order valence-electron chi connectivity index (χ3n) is 5.09. The van der Waals surface area contributed by atoms with Gasteiger partial charge in [0.1, 0.15) is 5.75 Å². The highest BCUT2D eigenvalue weighted by Crippen LogP contribution is 2.41. The number of urea groups is 1. The van der Waals surface area contributed by atoms with Gasteiger partial charge in [-0.05, 0) is 28.6 Å². The number of benzene rings is 2. The molecule has 2 aromatic carbocycles. The molecular formula is C19H16N6O3. The number of fused-ring (bicyclic) bond motifs is 2. The molecule has 9 nitrogen and oxygen atoms in total. The van der Waals surface area contributed by atoms with Crippen molar-refractivity contribution in [1.82, 2.24) is 30.4 Å². The number of ether oxygens (including phenoxy) is 1. The van der Waals surface area contributed by atoms with E-state index in [0.29, 0.717) is 30.2 Å². The van der Waals surface area contributed by atoms with Gasteiger partial charge in [0.05, 0.1) is 18.8 Å². The molecule has 1 atom stereocenters. The SMILES string of the molecule is O=C1N[C@]2(CCOc3ccccc32)C(=O)N1Cc1nnnn1-c1ccccc1. The number of hydrogen-bond donors (Lipinski definition) is 1. The number of nitrogens with zero attached hydrogens (tertiary/aromatic N) is 5.